The molecule has 0 saturated heterocycles. The van der Waals surface area contributed by atoms with Crippen LogP contribution in [0.15, 0.2) is 160 Å². The van der Waals surface area contributed by atoms with Gasteiger partial charge in [0, 0.05) is 64.0 Å². The van der Waals surface area contributed by atoms with Crippen molar-refractivity contribution in [1.29, 1.82) is 0 Å². The van der Waals surface area contributed by atoms with Gasteiger partial charge in [-0.25, -0.2) is 15.0 Å². The fourth-order valence-corrected chi connectivity index (χ4v) is 8.63. The maximum atomic E-state index is 6.47. The van der Waals surface area contributed by atoms with E-state index >= 15 is 0 Å². The Morgan fingerprint density at radius 3 is 1.94 bits per heavy atom. The Morgan fingerprint density at radius 2 is 1.04 bits per heavy atom. The minimum atomic E-state index is 0.602. The third-order valence-corrected chi connectivity index (χ3v) is 11.0. The molecule has 11 rings (SSSR count). The van der Waals surface area contributed by atoms with Crippen molar-refractivity contribution in [2.75, 3.05) is 0 Å². The number of benzene rings is 7. The van der Waals surface area contributed by atoms with Crippen LogP contribution in [0.2, 0.25) is 0 Å². The average molecular weight is 672 g/mol. The summed E-state index contributed by atoms with van der Waals surface area (Å²) in [5.74, 6) is 1.87. The Balaban J connectivity index is 1.14. The maximum Gasteiger partial charge on any atom is 0.165 e. The van der Waals surface area contributed by atoms with Crippen molar-refractivity contribution in [2.24, 2.45) is 0 Å². The number of para-hydroxylation sites is 2. The van der Waals surface area contributed by atoms with E-state index in [9.17, 15) is 0 Å². The molecule has 0 aliphatic heterocycles. The van der Waals surface area contributed by atoms with Crippen molar-refractivity contribution in [3.05, 3.63) is 152 Å². The standard InChI is InChI=1S/C45H25N3O2S/c1-2-11-26(12-3-1)43-46-44(48-45(47-43)34-19-9-18-33-29-14-5-7-22-39(29)51-42(33)34)27-23-24-37-35(25-27)40-30(15-10-21-38(40)49-37)32-17-8-16-31-28-13-4-6-20-36(28)50-41(31)32/h1-25H. The van der Waals surface area contributed by atoms with Gasteiger partial charge in [-0.2, -0.15) is 0 Å². The largest absolute Gasteiger partial charge is 0.456 e. The first kappa shape index (κ1) is 28.2. The summed E-state index contributed by atoms with van der Waals surface area (Å²) in [6, 6.07) is 52.0. The summed E-state index contributed by atoms with van der Waals surface area (Å²) in [4.78, 5) is 15.3. The van der Waals surface area contributed by atoms with E-state index in [0.29, 0.717) is 17.5 Å². The Labute approximate surface area is 295 Å². The molecule has 0 N–H and O–H groups in total. The molecule has 0 saturated carbocycles. The average Bonchev–Trinajstić information content (AvgIpc) is 3.89. The minimum Gasteiger partial charge on any atom is -0.456 e. The molecule has 0 amide bonds. The highest BCUT2D eigenvalue weighted by Gasteiger charge is 2.20. The van der Waals surface area contributed by atoms with Gasteiger partial charge in [0.05, 0.1) is 0 Å². The van der Waals surface area contributed by atoms with Crippen LogP contribution in [0.1, 0.15) is 0 Å². The number of fused-ring (bicyclic) bond motifs is 9. The van der Waals surface area contributed by atoms with Gasteiger partial charge in [-0.1, -0.05) is 109 Å². The van der Waals surface area contributed by atoms with Crippen molar-refractivity contribution in [2.45, 2.75) is 0 Å². The number of furan rings is 2. The smallest absolute Gasteiger partial charge is 0.165 e. The molecule has 51 heavy (non-hydrogen) atoms. The second kappa shape index (κ2) is 10.9. The predicted octanol–water partition coefficient (Wildman–Crippen LogP) is 12.7. The van der Waals surface area contributed by atoms with Gasteiger partial charge in [-0.05, 0) is 48.0 Å². The molecular weight excluding hydrogens is 647 g/mol. The molecule has 4 aromatic heterocycles. The molecule has 238 valence electrons. The molecule has 6 heteroatoms. The second-order valence-electron chi connectivity index (χ2n) is 12.7. The molecule has 5 nitrogen and oxygen atoms in total. The molecule has 0 aliphatic carbocycles. The van der Waals surface area contributed by atoms with E-state index in [1.54, 1.807) is 11.3 Å². The minimum absolute atomic E-state index is 0.602. The maximum absolute atomic E-state index is 6.47. The normalized spacial score (nSPS) is 11.9. The lowest BCUT2D eigenvalue weighted by Crippen LogP contribution is -2.00. The van der Waals surface area contributed by atoms with Gasteiger partial charge in [0.25, 0.3) is 0 Å². The number of hydrogen-bond donors (Lipinski definition) is 0. The number of hydrogen-bond acceptors (Lipinski definition) is 6. The summed E-state index contributed by atoms with van der Waals surface area (Å²) in [6.45, 7) is 0. The number of rotatable bonds is 4. The van der Waals surface area contributed by atoms with E-state index in [2.05, 4.69) is 84.9 Å². The Kier molecular flexibility index (Phi) is 6.05. The highest BCUT2D eigenvalue weighted by Crippen LogP contribution is 2.43. The van der Waals surface area contributed by atoms with Crippen LogP contribution in [0, 0.1) is 0 Å². The Bertz CT molecular complexity index is 3160. The van der Waals surface area contributed by atoms with Crippen LogP contribution >= 0.6 is 11.3 Å². The first-order valence-electron chi connectivity index (χ1n) is 16.9. The molecular formula is C45H25N3O2S. The zero-order valence-electron chi connectivity index (χ0n) is 27.0. The van der Waals surface area contributed by atoms with Crippen LogP contribution in [0.4, 0.5) is 0 Å². The van der Waals surface area contributed by atoms with Gasteiger partial charge in [0.1, 0.15) is 22.3 Å². The van der Waals surface area contributed by atoms with Crippen LogP contribution in [0.3, 0.4) is 0 Å². The van der Waals surface area contributed by atoms with Crippen molar-refractivity contribution in [1.82, 2.24) is 15.0 Å². The second-order valence-corrected chi connectivity index (χ2v) is 13.8. The molecule has 7 aromatic carbocycles. The lowest BCUT2D eigenvalue weighted by Gasteiger charge is -2.09. The van der Waals surface area contributed by atoms with Crippen LogP contribution in [-0.2, 0) is 0 Å². The van der Waals surface area contributed by atoms with E-state index in [0.717, 1.165) is 76.4 Å². The van der Waals surface area contributed by atoms with Gasteiger partial charge in [-0.15, -0.1) is 11.3 Å². The summed E-state index contributed by atoms with van der Waals surface area (Å²) >= 11 is 1.77. The molecule has 0 bridgehead atoms. The summed E-state index contributed by atoms with van der Waals surface area (Å²) in [5.41, 5.74) is 8.22. The van der Waals surface area contributed by atoms with Crippen LogP contribution in [0.5, 0.6) is 0 Å². The van der Waals surface area contributed by atoms with Gasteiger partial charge >= 0.3 is 0 Å². The highest BCUT2D eigenvalue weighted by molar-refractivity contribution is 7.26. The van der Waals surface area contributed by atoms with E-state index in [1.165, 1.54) is 15.5 Å². The fraction of sp³-hybridized carbons (Fsp3) is 0. The Hall–Kier alpha value is -6.63. The van der Waals surface area contributed by atoms with Crippen molar-refractivity contribution in [3.63, 3.8) is 0 Å². The summed E-state index contributed by atoms with van der Waals surface area (Å²) in [7, 11) is 0. The number of nitrogens with zero attached hydrogens (tertiary/aromatic N) is 3. The van der Waals surface area contributed by atoms with Crippen molar-refractivity contribution >= 4 is 75.4 Å². The molecule has 11 aromatic rings. The van der Waals surface area contributed by atoms with Crippen molar-refractivity contribution < 1.29 is 8.83 Å². The molecule has 4 heterocycles. The lowest BCUT2D eigenvalue weighted by atomic mass is 9.97. The van der Waals surface area contributed by atoms with Gasteiger partial charge < -0.3 is 8.83 Å². The molecule has 0 radical (unpaired) electrons. The van der Waals surface area contributed by atoms with Crippen LogP contribution < -0.4 is 0 Å². The number of aromatic nitrogens is 3. The van der Waals surface area contributed by atoms with Gasteiger partial charge in [0.15, 0.2) is 17.5 Å². The van der Waals surface area contributed by atoms with Gasteiger partial charge in [0.2, 0.25) is 0 Å². The first-order valence-corrected chi connectivity index (χ1v) is 17.7. The SMILES string of the molecule is c1ccc(-c2nc(-c3ccc4oc5cccc(-c6cccc7c6oc6ccccc67)c5c4c3)nc(-c3cccc4c3sc3ccccc34)n2)cc1. The molecule has 0 fully saturated rings. The highest BCUT2D eigenvalue weighted by atomic mass is 32.1. The molecule has 0 spiro atoms. The van der Waals surface area contributed by atoms with Crippen molar-refractivity contribution in [3.8, 4) is 45.3 Å². The van der Waals surface area contributed by atoms with E-state index in [1.807, 2.05) is 66.7 Å². The van der Waals surface area contributed by atoms with Crippen LogP contribution in [-0.4, -0.2) is 15.0 Å². The third-order valence-electron chi connectivity index (χ3n) is 9.76. The van der Waals surface area contributed by atoms with E-state index < -0.39 is 0 Å². The monoisotopic (exact) mass is 671 g/mol. The quantitative estimate of drug-likeness (QED) is 0.186. The first-order chi connectivity index (χ1) is 25.3. The zero-order chi connectivity index (χ0) is 33.5. The van der Waals surface area contributed by atoms with E-state index in [-0.39, 0.29) is 0 Å². The van der Waals surface area contributed by atoms with Gasteiger partial charge in [-0.3, -0.25) is 0 Å². The number of thiophene rings is 1. The van der Waals surface area contributed by atoms with Crippen LogP contribution in [0.25, 0.3) is 109 Å². The zero-order valence-corrected chi connectivity index (χ0v) is 27.8. The molecule has 0 atom stereocenters. The predicted molar refractivity (Wildman–Crippen MR) is 209 cm³/mol. The summed E-state index contributed by atoms with van der Waals surface area (Å²) in [5, 5.41) is 6.65. The summed E-state index contributed by atoms with van der Waals surface area (Å²) < 4.78 is 15.3. The van der Waals surface area contributed by atoms with E-state index in [4.69, 9.17) is 23.8 Å². The fourth-order valence-electron chi connectivity index (χ4n) is 7.41. The topological polar surface area (TPSA) is 65.0 Å². The third kappa shape index (κ3) is 4.37. The Morgan fingerprint density at radius 1 is 0.392 bits per heavy atom. The molecule has 0 unspecified atom stereocenters. The molecule has 0 aliphatic rings. The lowest BCUT2D eigenvalue weighted by molar-refractivity contribution is 0.668. The summed E-state index contributed by atoms with van der Waals surface area (Å²) in [6.07, 6.45) is 0.